The zero-order valence-electron chi connectivity index (χ0n) is 11.0. The molecule has 0 saturated carbocycles. The maximum atomic E-state index is 11.3. The number of carbonyl (C=O) groups is 1. The fourth-order valence-corrected chi connectivity index (χ4v) is 2.62. The third kappa shape index (κ3) is 2.24. The van der Waals surface area contributed by atoms with Crippen molar-refractivity contribution in [2.45, 2.75) is 25.3 Å². The summed E-state index contributed by atoms with van der Waals surface area (Å²) < 4.78 is 0. The molecular formula is C14H16N4O2. The molecule has 0 bridgehead atoms. The van der Waals surface area contributed by atoms with Gasteiger partial charge in [0.05, 0.1) is 17.2 Å². The molecule has 1 aromatic carbocycles. The Hall–Kier alpha value is -2.37. The Kier molecular flexibility index (Phi) is 3.14. The summed E-state index contributed by atoms with van der Waals surface area (Å²) in [4.78, 5) is 22.0. The van der Waals surface area contributed by atoms with E-state index in [2.05, 4.69) is 9.97 Å². The van der Waals surface area contributed by atoms with Gasteiger partial charge in [0.1, 0.15) is 11.9 Å². The number of carboxylic acid groups (broad SMARTS) is 1. The van der Waals surface area contributed by atoms with Gasteiger partial charge in [0.15, 0.2) is 0 Å². The molecule has 1 aliphatic rings. The summed E-state index contributed by atoms with van der Waals surface area (Å²) in [6.07, 6.45) is 4.19. The van der Waals surface area contributed by atoms with Crippen molar-refractivity contribution in [2.24, 2.45) is 0 Å². The Morgan fingerprint density at radius 1 is 1.35 bits per heavy atom. The highest BCUT2D eigenvalue weighted by Crippen LogP contribution is 2.24. The first-order valence-electron chi connectivity index (χ1n) is 6.67. The van der Waals surface area contributed by atoms with E-state index in [1.54, 1.807) is 24.4 Å². The first-order chi connectivity index (χ1) is 9.65. The number of nitrogens with zero attached hydrogens (tertiary/aromatic N) is 3. The SMILES string of the molecule is Nc1ccc2nc(N3CCCC[C@@H]3C(=O)O)cnc2c1. The number of carboxylic acids is 1. The van der Waals surface area contributed by atoms with Gasteiger partial charge >= 0.3 is 5.97 Å². The van der Waals surface area contributed by atoms with Crippen molar-refractivity contribution in [3.05, 3.63) is 24.4 Å². The molecule has 0 radical (unpaired) electrons. The molecule has 0 unspecified atom stereocenters. The van der Waals surface area contributed by atoms with Gasteiger partial charge in [0.2, 0.25) is 0 Å². The Balaban J connectivity index is 2.00. The van der Waals surface area contributed by atoms with Crippen LogP contribution in [0.2, 0.25) is 0 Å². The molecule has 0 spiro atoms. The molecule has 6 heteroatoms. The van der Waals surface area contributed by atoms with Gasteiger partial charge in [0.25, 0.3) is 0 Å². The first kappa shape index (κ1) is 12.7. The second-order valence-electron chi connectivity index (χ2n) is 5.02. The summed E-state index contributed by atoms with van der Waals surface area (Å²) in [5.41, 5.74) is 7.80. The second-order valence-corrected chi connectivity index (χ2v) is 5.02. The number of nitrogen functional groups attached to an aromatic ring is 1. The average Bonchev–Trinajstić information content (AvgIpc) is 2.46. The normalized spacial score (nSPS) is 19.2. The van der Waals surface area contributed by atoms with Gasteiger partial charge in [0, 0.05) is 12.2 Å². The summed E-state index contributed by atoms with van der Waals surface area (Å²) in [5.74, 6) is -0.182. The lowest BCUT2D eigenvalue weighted by Gasteiger charge is -2.33. The molecule has 1 aromatic heterocycles. The van der Waals surface area contributed by atoms with Crippen LogP contribution in [0.3, 0.4) is 0 Å². The zero-order valence-corrected chi connectivity index (χ0v) is 11.0. The number of aromatic nitrogens is 2. The third-order valence-electron chi connectivity index (χ3n) is 3.64. The number of piperidine rings is 1. The van der Waals surface area contributed by atoms with Gasteiger partial charge < -0.3 is 15.7 Å². The van der Waals surface area contributed by atoms with Gasteiger partial charge in [-0.25, -0.2) is 9.78 Å². The van der Waals surface area contributed by atoms with Crippen LogP contribution >= 0.6 is 0 Å². The number of anilines is 2. The summed E-state index contributed by atoms with van der Waals surface area (Å²) in [5, 5.41) is 9.31. The second kappa shape index (κ2) is 4.96. The lowest BCUT2D eigenvalue weighted by atomic mass is 10.0. The molecule has 20 heavy (non-hydrogen) atoms. The molecule has 1 saturated heterocycles. The monoisotopic (exact) mass is 272 g/mol. The minimum absolute atomic E-state index is 0.510. The van der Waals surface area contributed by atoms with Crippen LogP contribution in [0.15, 0.2) is 24.4 Å². The summed E-state index contributed by atoms with van der Waals surface area (Å²) in [7, 11) is 0. The Labute approximate surface area is 116 Å². The van der Waals surface area contributed by atoms with E-state index in [0.717, 1.165) is 23.9 Å². The van der Waals surface area contributed by atoms with Crippen LogP contribution in [0.1, 0.15) is 19.3 Å². The van der Waals surface area contributed by atoms with E-state index < -0.39 is 12.0 Å². The summed E-state index contributed by atoms with van der Waals surface area (Å²) >= 11 is 0. The van der Waals surface area contributed by atoms with Crippen molar-refractivity contribution in [3.63, 3.8) is 0 Å². The van der Waals surface area contributed by atoms with Gasteiger partial charge in [-0.1, -0.05) is 0 Å². The molecule has 1 atom stereocenters. The molecule has 1 aliphatic heterocycles. The van der Waals surface area contributed by atoms with E-state index in [0.29, 0.717) is 24.5 Å². The van der Waals surface area contributed by atoms with Crippen molar-refractivity contribution in [1.29, 1.82) is 0 Å². The highest BCUT2D eigenvalue weighted by atomic mass is 16.4. The Bertz CT molecular complexity index is 659. The van der Waals surface area contributed by atoms with E-state index in [1.807, 2.05) is 4.90 Å². The fraction of sp³-hybridized carbons (Fsp3) is 0.357. The first-order valence-corrected chi connectivity index (χ1v) is 6.67. The number of rotatable bonds is 2. The van der Waals surface area contributed by atoms with Gasteiger partial charge in [-0.3, -0.25) is 4.98 Å². The van der Waals surface area contributed by atoms with Crippen LogP contribution in [-0.4, -0.2) is 33.6 Å². The third-order valence-corrected chi connectivity index (χ3v) is 3.64. The number of aliphatic carboxylic acids is 1. The molecule has 0 amide bonds. The molecule has 0 aliphatic carbocycles. The predicted molar refractivity (Wildman–Crippen MR) is 76.6 cm³/mol. The average molecular weight is 272 g/mol. The molecular weight excluding hydrogens is 256 g/mol. The highest BCUT2D eigenvalue weighted by Gasteiger charge is 2.29. The molecule has 2 aromatic rings. The van der Waals surface area contributed by atoms with Crippen LogP contribution in [0.5, 0.6) is 0 Å². The maximum absolute atomic E-state index is 11.3. The minimum Gasteiger partial charge on any atom is -0.480 e. The number of fused-ring (bicyclic) bond motifs is 1. The van der Waals surface area contributed by atoms with Crippen molar-refractivity contribution < 1.29 is 9.90 Å². The van der Waals surface area contributed by atoms with Gasteiger partial charge in [-0.15, -0.1) is 0 Å². The number of benzene rings is 1. The summed E-state index contributed by atoms with van der Waals surface area (Å²) in [6, 6.07) is 4.83. The Morgan fingerprint density at radius 3 is 3.00 bits per heavy atom. The van der Waals surface area contributed by atoms with E-state index >= 15 is 0 Å². The standard InChI is InChI=1S/C14H16N4O2/c15-9-4-5-10-11(7-9)16-8-13(17-10)18-6-2-1-3-12(18)14(19)20/h4-5,7-8,12H,1-3,6,15H2,(H,19,20)/t12-/m1/s1. The molecule has 3 rings (SSSR count). The quantitative estimate of drug-likeness (QED) is 0.808. The number of nitrogens with two attached hydrogens (primary N) is 1. The predicted octanol–water partition coefficient (Wildman–Crippen LogP) is 1.66. The van der Waals surface area contributed by atoms with Gasteiger partial charge in [-0.2, -0.15) is 0 Å². The van der Waals surface area contributed by atoms with Crippen LogP contribution in [0.25, 0.3) is 11.0 Å². The van der Waals surface area contributed by atoms with Crippen LogP contribution in [0, 0.1) is 0 Å². The van der Waals surface area contributed by atoms with Gasteiger partial charge in [-0.05, 0) is 37.5 Å². The van der Waals surface area contributed by atoms with Crippen molar-refractivity contribution >= 4 is 28.5 Å². The molecule has 1 fully saturated rings. The maximum Gasteiger partial charge on any atom is 0.326 e. The summed E-state index contributed by atoms with van der Waals surface area (Å²) in [6.45, 7) is 0.701. The van der Waals surface area contributed by atoms with Crippen molar-refractivity contribution in [1.82, 2.24) is 9.97 Å². The zero-order chi connectivity index (χ0) is 14.1. The number of hydrogen-bond donors (Lipinski definition) is 2. The van der Waals surface area contributed by atoms with Crippen LogP contribution in [-0.2, 0) is 4.79 Å². The van der Waals surface area contributed by atoms with Crippen molar-refractivity contribution in [3.8, 4) is 0 Å². The fourth-order valence-electron chi connectivity index (χ4n) is 2.62. The molecule has 2 heterocycles. The minimum atomic E-state index is -0.802. The lowest BCUT2D eigenvalue weighted by molar-refractivity contribution is -0.139. The lowest BCUT2D eigenvalue weighted by Crippen LogP contribution is -2.45. The molecule has 3 N–H and O–H groups in total. The van der Waals surface area contributed by atoms with Crippen LogP contribution in [0.4, 0.5) is 11.5 Å². The highest BCUT2D eigenvalue weighted by molar-refractivity contribution is 5.81. The smallest absolute Gasteiger partial charge is 0.326 e. The van der Waals surface area contributed by atoms with E-state index in [4.69, 9.17) is 5.73 Å². The number of hydrogen-bond acceptors (Lipinski definition) is 5. The molecule has 6 nitrogen and oxygen atoms in total. The van der Waals surface area contributed by atoms with E-state index in [1.165, 1.54) is 0 Å². The molecule has 104 valence electrons. The Morgan fingerprint density at radius 2 is 2.20 bits per heavy atom. The van der Waals surface area contributed by atoms with Crippen molar-refractivity contribution in [2.75, 3.05) is 17.2 Å². The largest absolute Gasteiger partial charge is 0.480 e. The van der Waals surface area contributed by atoms with Crippen LogP contribution < -0.4 is 10.6 Å². The van der Waals surface area contributed by atoms with E-state index in [9.17, 15) is 9.90 Å². The topological polar surface area (TPSA) is 92.3 Å². The van der Waals surface area contributed by atoms with E-state index in [-0.39, 0.29) is 0 Å².